The Balaban J connectivity index is 2.53. The highest BCUT2D eigenvalue weighted by Gasteiger charge is 2.15. The van der Waals surface area contributed by atoms with Gasteiger partial charge < -0.3 is 0 Å². The van der Waals surface area contributed by atoms with Gasteiger partial charge in [0.25, 0.3) is 0 Å². The zero-order valence-electron chi connectivity index (χ0n) is 13.6. The van der Waals surface area contributed by atoms with Gasteiger partial charge in [0.2, 0.25) is 0 Å². The van der Waals surface area contributed by atoms with E-state index in [4.69, 9.17) is 5.41 Å². The first-order valence-corrected chi connectivity index (χ1v) is 7.41. The quantitative estimate of drug-likeness (QED) is 0.615. The van der Waals surface area contributed by atoms with Crippen LogP contribution >= 0.6 is 0 Å². The van der Waals surface area contributed by atoms with Crippen LogP contribution in [0.25, 0.3) is 10.9 Å². The van der Waals surface area contributed by atoms with Crippen LogP contribution in [0.3, 0.4) is 0 Å². The van der Waals surface area contributed by atoms with E-state index in [2.05, 4.69) is 21.8 Å². The molecule has 0 saturated carbocycles. The van der Waals surface area contributed by atoms with E-state index in [9.17, 15) is 0 Å². The molecular formula is C18H22N4. The molecule has 0 unspecified atom stereocenters. The Kier molecular flexibility index (Phi) is 4.71. The molecule has 1 aromatic carbocycles. The summed E-state index contributed by atoms with van der Waals surface area (Å²) in [5.74, 6) is 0. The van der Waals surface area contributed by atoms with Gasteiger partial charge in [-0.3, -0.25) is 15.5 Å². The van der Waals surface area contributed by atoms with E-state index >= 15 is 0 Å². The van der Waals surface area contributed by atoms with E-state index < -0.39 is 0 Å². The molecule has 0 aliphatic heterocycles. The Hall–Kier alpha value is -2.49. The van der Waals surface area contributed by atoms with Crippen LogP contribution in [-0.4, -0.2) is 22.1 Å². The molecule has 0 saturated heterocycles. The number of hydrogen-bond donors (Lipinski definition) is 2. The number of hydrogen-bond acceptors (Lipinski definition) is 3. The Morgan fingerprint density at radius 2 is 2.18 bits per heavy atom. The molecule has 0 fully saturated rings. The number of benzene rings is 1. The number of aromatic amines is 1. The number of aromatic nitrogens is 2. The fourth-order valence-electron chi connectivity index (χ4n) is 2.49. The minimum Gasteiger partial charge on any atom is -0.300 e. The van der Waals surface area contributed by atoms with Crippen molar-refractivity contribution in [1.29, 1.82) is 5.41 Å². The Bertz CT molecular complexity index is 791. The molecule has 114 valence electrons. The van der Waals surface area contributed by atoms with E-state index in [1.54, 1.807) is 6.21 Å². The van der Waals surface area contributed by atoms with Gasteiger partial charge in [-0.1, -0.05) is 25.6 Å². The van der Waals surface area contributed by atoms with Gasteiger partial charge in [0.1, 0.15) is 0 Å². The predicted molar refractivity (Wildman–Crippen MR) is 94.0 cm³/mol. The van der Waals surface area contributed by atoms with Gasteiger partial charge in [-0.2, -0.15) is 5.10 Å². The van der Waals surface area contributed by atoms with Crippen molar-refractivity contribution in [2.24, 2.45) is 4.99 Å². The third-order valence-corrected chi connectivity index (χ3v) is 3.75. The van der Waals surface area contributed by atoms with Gasteiger partial charge in [0.15, 0.2) is 0 Å². The monoisotopic (exact) mass is 294 g/mol. The van der Waals surface area contributed by atoms with E-state index in [-0.39, 0.29) is 0 Å². The standard InChI is InChI=1S/C18H22N4/c1-6-11(3)17(13(5)20-7-2)18(19)14-8-9-15-12(4)21-22-16(15)10-14/h7-10,19H,3,6H2,1-2,4-5H3,(H,21,22)/b17-13+,19-18?,20-7?. The summed E-state index contributed by atoms with van der Waals surface area (Å²) < 4.78 is 0. The molecule has 4 nitrogen and oxygen atoms in total. The van der Waals surface area contributed by atoms with Crippen molar-refractivity contribution in [2.45, 2.75) is 34.1 Å². The molecule has 1 aromatic heterocycles. The normalized spacial score (nSPS) is 12.7. The van der Waals surface area contributed by atoms with Crippen molar-refractivity contribution >= 4 is 22.8 Å². The smallest absolute Gasteiger partial charge is 0.0930 e. The molecule has 4 heteroatoms. The summed E-state index contributed by atoms with van der Waals surface area (Å²) >= 11 is 0. The zero-order valence-corrected chi connectivity index (χ0v) is 13.6. The highest BCUT2D eigenvalue weighted by molar-refractivity contribution is 6.14. The number of nitrogens with zero attached hydrogens (tertiary/aromatic N) is 2. The van der Waals surface area contributed by atoms with Crippen LogP contribution < -0.4 is 0 Å². The number of allylic oxidation sites excluding steroid dienone is 3. The van der Waals surface area contributed by atoms with E-state index in [0.717, 1.165) is 45.4 Å². The maximum Gasteiger partial charge on any atom is 0.0930 e. The topological polar surface area (TPSA) is 64.9 Å². The van der Waals surface area contributed by atoms with Crippen molar-refractivity contribution < 1.29 is 0 Å². The number of H-pyrrole nitrogens is 1. The van der Waals surface area contributed by atoms with Gasteiger partial charge >= 0.3 is 0 Å². The Labute approximate surface area is 131 Å². The van der Waals surface area contributed by atoms with Crippen LogP contribution in [0, 0.1) is 12.3 Å². The van der Waals surface area contributed by atoms with E-state index in [1.807, 2.05) is 45.9 Å². The Morgan fingerprint density at radius 1 is 1.45 bits per heavy atom. The molecule has 1 heterocycles. The lowest BCUT2D eigenvalue weighted by Gasteiger charge is -2.13. The van der Waals surface area contributed by atoms with Gasteiger partial charge in [0, 0.05) is 34.1 Å². The molecule has 2 rings (SSSR count). The summed E-state index contributed by atoms with van der Waals surface area (Å²) in [5, 5.41) is 16.9. The van der Waals surface area contributed by atoms with Gasteiger partial charge in [-0.05, 0) is 38.8 Å². The summed E-state index contributed by atoms with van der Waals surface area (Å²) in [6.45, 7) is 11.9. The number of fused-ring (bicyclic) bond motifs is 1. The van der Waals surface area contributed by atoms with Crippen molar-refractivity contribution in [1.82, 2.24) is 10.2 Å². The van der Waals surface area contributed by atoms with Gasteiger partial charge in [-0.15, -0.1) is 0 Å². The lowest BCUT2D eigenvalue weighted by molar-refractivity contribution is 1.07. The highest BCUT2D eigenvalue weighted by Crippen LogP contribution is 2.24. The summed E-state index contributed by atoms with van der Waals surface area (Å²) in [5.41, 5.74) is 5.73. The molecular weight excluding hydrogens is 272 g/mol. The maximum atomic E-state index is 8.58. The first-order chi connectivity index (χ1) is 10.5. The van der Waals surface area contributed by atoms with Crippen molar-refractivity contribution in [3.63, 3.8) is 0 Å². The summed E-state index contributed by atoms with van der Waals surface area (Å²) in [4.78, 5) is 4.34. The van der Waals surface area contributed by atoms with Gasteiger partial charge in [0.05, 0.1) is 11.2 Å². The highest BCUT2D eigenvalue weighted by atomic mass is 15.1. The number of aliphatic imine (C=N–C) groups is 1. The molecule has 0 radical (unpaired) electrons. The number of rotatable bonds is 5. The Morgan fingerprint density at radius 3 is 2.82 bits per heavy atom. The number of aryl methyl sites for hydroxylation is 1. The van der Waals surface area contributed by atoms with E-state index in [0.29, 0.717) is 5.71 Å². The lowest BCUT2D eigenvalue weighted by atomic mass is 9.93. The molecule has 0 bridgehead atoms. The third-order valence-electron chi connectivity index (χ3n) is 3.75. The summed E-state index contributed by atoms with van der Waals surface area (Å²) in [6, 6.07) is 5.90. The van der Waals surface area contributed by atoms with Crippen LogP contribution in [0.2, 0.25) is 0 Å². The molecule has 2 aromatic rings. The summed E-state index contributed by atoms with van der Waals surface area (Å²) in [6.07, 6.45) is 2.53. The summed E-state index contributed by atoms with van der Waals surface area (Å²) in [7, 11) is 0. The van der Waals surface area contributed by atoms with Crippen LogP contribution in [0.5, 0.6) is 0 Å². The fraction of sp³-hybridized carbons (Fsp3) is 0.278. The minimum atomic E-state index is 0.442. The van der Waals surface area contributed by atoms with Crippen LogP contribution in [-0.2, 0) is 0 Å². The van der Waals surface area contributed by atoms with Crippen molar-refractivity contribution in [2.75, 3.05) is 0 Å². The SMILES string of the molecule is C=C(CC)/C(C(=N)c1ccc2c(C)[nH]nc2c1)=C(/C)N=CC. The van der Waals surface area contributed by atoms with E-state index in [1.165, 1.54) is 0 Å². The molecule has 0 aliphatic rings. The first-order valence-electron chi connectivity index (χ1n) is 7.41. The second-order valence-electron chi connectivity index (χ2n) is 5.26. The van der Waals surface area contributed by atoms with Gasteiger partial charge in [-0.25, -0.2) is 0 Å². The first kappa shape index (κ1) is 15.9. The molecule has 0 amide bonds. The maximum absolute atomic E-state index is 8.58. The van der Waals surface area contributed by atoms with Crippen LogP contribution in [0.1, 0.15) is 38.4 Å². The van der Waals surface area contributed by atoms with Crippen molar-refractivity contribution in [3.05, 3.63) is 52.9 Å². The van der Waals surface area contributed by atoms with Crippen molar-refractivity contribution in [3.8, 4) is 0 Å². The molecule has 0 atom stereocenters. The fourth-order valence-corrected chi connectivity index (χ4v) is 2.49. The molecule has 0 spiro atoms. The number of nitrogens with one attached hydrogen (secondary N) is 2. The molecule has 0 aliphatic carbocycles. The largest absolute Gasteiger partial charge is 0.300 e. The average Bonchev–Trinajstić information content (AvgIpc) is 2.88. The molecule has 22 heavy (non-hydrogen) atoms. The second kappa shape index (κ2) is 6.52. The average molecular weight is 294 g/mol. The third kappa shape index (κ3) is 2.91. The van der Waals surface area contributed by atoms with Crippen LogP contribution in [0.4, 0.5) is 0 Å². The predicted octanol–water partition coefficient (Wildman–Crippen LogP) is 4.57. The second-order valence-corrected chi connectivity index (χ2v) is 5.26. The van der Waals surface area contributed by atoms with Crippen LogP contribution in [0.15, 0.2) is 46.6 Å². The lowest BCUT2D eigenvalue weighted by Crippen LogP contribution is -2.07. The molecule has 2 N–H and O–H groups in total. The minimum absolute atomic E-state index is 0.442. The zero-order chi connectivity index (χ0) is 16.3.